The molecule has 0 bridgehead atoms. The quantitative estimate of drug-likeness (QED) is 0.585. The molecule has 1 aliphatic heterocycles. The summed E-state index contributed by atoms with van der Waals surface area (Å²) < 4.78 is 48.8. The number of hydrogen-bond acceptors (Lipinski definition) is 7. The van der Waals surface area contributed by atoms with E-state index in [2.05, 4.69) is 0 Å². The summed E-state index contributed by atoms with van der Waals surface area (Å²) in [5.74, 6) is 0.395. The van der Waals surface area contributed by atoms with E-state index >= 15 is 0 Å². The van der Waals surface area contributed by atoms with Gasteiger partial charge in [0, 0.05) is 5.56 Å². The van der Waals surface area contributed by atoms with Crippen molar-refractivity contribution in [3.8, 4) is 11.5 Å². The molecule has 31 heavy (non-hydrogen) atoms. The molecule has 168 valence electrons. The van der Waals surface area contributed by atoms with Gasteiger partial charge in [0.25, 0.3) is 0 Å². The second-order valence-corrected chi connectivity index (χ2v) is 9.90. The fourth-order valence-electron chi connectivity index (χ4n) is 2.65. The van der Waals surface area contributed by atoms with Gasteiger partial charge in [-0.05, 0) is 44.5 Å². The number of rotatable bonds is 9. The Kier molecular flexibility index (Phi) is 7.07. The summed E-state index contributed by atoms with van der Waals surface area (Å²) in [6, 6.07) is 14.5. The number of sulfonamides is 1. The monoisotopic (exact) mass is 449 g/mol. The minimum atomic E-state index is -4.03. The van der Waals surface area contributed by atoms with E-state index in [9.17, 15) is 13.2 Å². The maximum atomic E-state index is 12.6. The van der Waals surface area contributed by atoms with Crippen LogP contribution in [0.15, 0.2) is 48.5 Å². The van der Waals surface area contributed by atoms with Crippen LogP contribution in [0.5, 0.6) is 11.5 Å². The van der Waals surface area contributed by atoms with Crippen LogP contribution in [-0.2, 0) is 31.9 Å². The zero-order valence-corrected chi connectivity index (χ0v) is 18.6. The van der Waals surface area contributed by atoms with E-state index in [1.54, 1.807) is 39.0 Å². The molecule has 1 amide bonds. The Morgan fingerprint density at radius 3 is 2.48 bits per heavy atom. The molecular weight excluding hydrogens is 422 g/mol. The lowest BCUT2D eigenvalue weighted by Gasteiger charge is -2.20. The molecule has 1 atom stereocenters. The summed E-state index contributed by atoms with van der Waals surface area (Å²) in [5.41, 5.74) is 0.484. The first-order chi connectivity index (χ1) is 14.6. The van der Waals surface area contributed by atoms with Gasteiger partial charge in [-0.3, -0.25) is 0 Å². The van der Waals surface area contributed by atoms with E-state index in [4.69, 9.17) is 18.9 Å². The Hall–Kier alpha value is -2.78. The van der Waals surface area contributed by atoms with Crippen LogP contribution in [0, 0.1) is 0 Å². The maximum Gasteiger partial charge on any atom is 0.421 e. The molecule has 0 spiro atoms. The molecule has 0 aromatic heterocycles. The molecule has 1 fully saturated rings. The van der Waals surface area contributed by atoms with E-state index < -0.39 is 27.5 Å². The van der Waals surface area contributed by atoms with Gasteiger partial charge >= 0.3 is 6.09 Å². The van der Waals surface area contributed by atoms with E-state index in [1.807, 2.05) is 35.1 Å². The van der Waals surface area contributed by atoms with Gasteiger partial charge in [0.05, 0.1) is 12.4 Å². The van der Waals surface area contributed by atoms with Crippen LogP contribution >= 0.6 is 0 Å². The third-order valence-electron chi connectivity index (χ3n) is 4.09. The SMILES string of the molecule is CC(C)(C)OC(=O)NS(=O)(=O)Cc1cc(OCC2CO2)ccc1OCc1ccccc1. The van der Waals surface area contributed by atoms with Gasteiger partial charge in [-0.2, -0.15) is 0 Å². The lowest BCUT2D eigenvalue weighted by molar-refractivity contribution is 0.0570. The second kappa shape index (κ2) is 9.57. The number of benzene rings is 2. The summed E-state index contributed by atoms with van der Waals surface area (Å²) >= 11 is 0. The van der Waals surface area contributed by atoms with Crippen molar-refractivity contribution in [3.63, 3.8) is 0 Å². The first kappa shape index (κ1) is 22.9. The Bertz CT molecular complexity index is 996. The average molecular weight is 450 g/mol. The van der Waals surface area contributed by atoms with Gasteiger partial charge in [-0.25, -0.2) is 17.9 Å². The van der Waals surface area contributed by atoms with Gasteiger partial charge in [-0.15, -0.1) is 0 Å². The van der Waals surface area contributed by atoms with Gasteiger partial charge in [0.2, 0.25) is 10.0 Å². The number of hydrogen-bond donors (Lipinski definition) is 1. The molecule has 0 radical (unpaired) electrons. The fraction of sp³-hybridized carbons (Fsp3) is 0.409. The highest BCUT2D eigenvalue weighted by molar-refractivity contribution is 7.89. The van der Waals surface area contributed by atoms with Crippen LogP contribution in [0.3, 0.4) is 0 Å². The number of ether oxygens (including phenoxy) is 4. The summed E-state index contributed by atoms with van der Waals surface area (Å²) in [7, 11) is -4.03. The van der Waals surface area contributed by atoms with E-state index in [0.717, 1.165) is 5.56 Å². The van der Waals surface area contributed by atoms with Crippen LogP contribution in [0.2, 0.25) is 0 Å². The Morgan fingerprint density at radius 2 is 1.84 bits per heavy atom. The predicted octanol–water partition coefficient (Wildman–Crippen LogP) is 3.40. The maximum absolute atomic E-state index is 12.6. The molecule has 1 heterocycles. The molecule has 0 saturated carbocycles. The predicted molar refractivity (Wildman–Crippen MR) is 114 cm³/mol. The average Bonchev–Trinajstić information content (AvgIpc) is 3.48. The molecule has 3 rings (SSSR count). The minimum absolute atomic E-state index is 0.0648. The molecule has 2 aromatic rings. The van der Waals surface area contributed by atoms with Gasteiger partial charge < -0.3 is 18.9 Å². The highest BCUT2D eigenvalue weighted by Gasteiger charge is 2.25. The first-order valence-electron chi connectivity index (χ1n) is 9.87. The van der Waals surface area contributed by atoms with Gasteiger partial charge in [0.15, 0.2) is 0 Å². The number of carbonyl (C=O) groups is 1. The second-order valence-electron chi connectivity index (χ2n) is 8.17. The van der Waals surface area contributed by atoms with Crippen molar-refractivity contribution in [2.24, 2.45) is 0 Å². The molecule has 2 aromatic carbocycles. The molecular formula is C22H27NO7S. The third kappa shape index (κ3) is 8.10. The molecule has 8 nitrogen and oxygen atoms in total. The number of nitrogens with one attached hydrogen (secondary N) is 1. The number of epoxide rings is 1. The standard InChI is InChI=1S/C22H27NO7S/c1-22(2,3)30-21(24)23-31(25,26)15-17-11-18(27-13-19-14-28-19)9-10-20(17)29-12-16-7-5-4-6-8-16/h4-11,19H,12-15H2,1-3H3,(H,23,24). The Labute approximate surface area is 182 Å². The van der Waals surface area contributed by atoms with Gasteiger partial charge in [0.1, 0.15) is 36.4 Å². The lowest BCUT2D eigenvalue weighted by Crippen LogP contribution is -2.37. The normalized spacial score (nSPS) is 15.8. The molecule has 9 heteroatoms. The molecule has 1 unspecified atom stereocenters. The Balaban J connectivity index is 1.74. The van der Waals surface area contributed by atoms with E-state index in [1.165, 1.54) is 0 Å². The largest absolute Gasteiger partial charge is 0.491 e. The highest BCUT2D eigenvalue weighted by atomic mass is 32.2. The van der Waals surface area contributed by atoms with Crippen molar-refractivity contribution in [3.05, 3.63) is 59.7 Å². The van der Waals surface area contributed by atoms with Crippen LogP contribution < -0.4 is 14.2 Å². The van der Waals surface area contributed by atoms with Crippen molar-refractivity contribution < 1.29 is 32.2 Å². The molecule has 1 aliphatic rings. The van der Waals surface area contributed by atoms with Crippen molar-refractivity contribution in [2.75, 3.05) is 13.2 Å². The topological polar surface area (TPSA) is 103 Å². The van der Waals surface area contributed by atoms with E-state index in [-0.39, 0.29) is 12.7 Å². The number of carbonyl (C=O) groups excluding carboxylic acids is 1. The van der Waals surface area contributed by atoms with Crippen molar-refractivity contribution in [1.29, 1.82) is 0 Å². The smallest absolute Gasteiger partial charge is 0.421 e. The van der Waals surface area contributed by atoms with E-state index in [0.29, 0.717) is 30.3 Å². The zero-order valence-electron chi connectivity index (χ0n) is 17.8. The van der Waals surface area contributed by atoms with Crippen molar-refractivity contribution >= 4 is 16.1 Å². The third-order valence-corrected chi connectivity index (χ3v) is 5.26. The van der Waals surface area contributed by atoms with Gasteiger partial charge in [-0.1, -0.05) is 30.3 Å². The number of amides is 1. The van der Waals surface area contributed by atoms with Crippen molar-refractivity contribution in [1.82, 2.24) is 4.72 Å². The summed E-state index contributed by atoms with van der Waals surface area (Å²) in [6.45, 7) is 6.26. The van der Waals surface area contributed by atoms with Crippen LogP contribution in [-0.4, -0.2) is 39.4 Å². The molecule has 1 saturated heterocycles. The van der Waals surface area contributed by atoms with Crippen LogP contribution in [0.4, 0.5) is 4.79 Å². The minimum Gasteiger partial charge on any atom is -0.491 e. The molecule has 0 aliphatic carbocycles. The first-order valence-corrected chi connectivity index (χ1v) is 11.5. The highest BCUT2D eigenvalue weighted by Crippen LogP contribution is 2.28. The zero-order chi connectivity index (χ0) is 22.5. The van der Waals surface area contributed by atoms with Crippen molar-refractivity contribution in [2.45, 2.75) is 44.8 Å². The summed E-state index contributed by atoms with van der Waals surface area (Å²) in [5, 5.41) is 0. The Morgan fingerprint density at radius 1 is 1.13 bits per heavy atom. The summed E-state index contributed by atoms with van der Waals surface area (Å²) in [4.78, 5) is 11.9. The summed E-state index contributed by atoms with van der Waals surface area (Å²) in [6.07, 6.45) is -0.965. The van der Waals surface area contributed by atoms with Crippen LogP contribution in [0.25, 0.3) is 0 Å². The van der Waals surface area contributed by atoms with Crippen LogP contribution in [0.1, 0.15) is 31.9 Å². The fourth-order valence-corrected chi connectivity index (χ4v) is 3.66. The lowest BCUT2D eigenvalue weighted by atomic mass is 10.2. The molecule has 1 N–H and O–H groups in total.